The second kappa shape index (κ2) is 9.04. The Kier molecular flexibility index (Phi) is 6.79. The fourth-order valence-electron chi connectivity index (χ4n) is 2.99. The summed E-state index contributed by atoms with van der Waals surface area (Å²) in [5, 5.41) is 12.2. The van der Waals surface area contributed by atoms with E-state index >= 15 is 0 Å². The maximum absolute atomic E-state index is 12.3. The molecular weight excluding hydrogens is 332 g/mol. The van der Waals surface area contributed by atoms with E-state index in [-0.39, 0.29) is 0 Å². The van der Waals surface area contributed by atoms with Gasteiger partial charge in [0.05, 0.1) is 13.2 Å². The van der Waals surface area contributed by atoms with Crippen molar-refractivity contribution in [3.05, 3.63) is 35.9 Å². The van der Waals surface area contributed by atoms with Gasteiger partial charge in [0.15, 0.2) is 6.10 Å². The zero-order valence-electron chi connectivity index (χ0n) is 15.2. The number of nitriles is 1. The van der Waals surface area contributed by atoms with E-state index < -0.39 is 23.5 Å². The lowest BCUT2D eigenvalue weighted by Gasteiger charge is -2.32. The number of nitrogens with one attached hydrogen (secondary N) is 1. The number of hydrogen-bond acceptors (Lipinski definition) is 5. The lowest BCUT2D eigenvalue weighted by molar-refractivity contribution is -0.150. The molecule has 6 nitrogen and oxygen atoms in total. The van der Waals surface area contributed by atoms with Gasteiger partial charge in [-0.3, -0.25) is 4.79 Å². The highest BCUT2D eigenvalue weighted by atomic mass is 16.5. The Labute approximate surface area is 153 Å². The number of nitrogens with zero attached hydrogens (tertiary/aromatic N) is 1. The van der Waals surface area contributed by atoms with Crippen LogP contribution in [-0.2, 0) is 14.3 Å². The van der Waals surface area contributed by atoms with E-state index in [0.717, 1.165) is 24.8 Å². The second-order valence-electron chi connectivity index (χ2n) is 6.40. The molecule has 0 spiro atoms. The lowest BCUT2D eigenvalue weighted by Crippen LogP contribution is -2.52. The van der Waals surface area contributed by atoms with Gasteiger partial charge in [-0.2, -0.15) is 5.26 Å². The van der Waals surface area contributed by atoms with E-state index in [1.54, 1.807) is 25.3 Å². The minimum Gasteiger partial charge on any atom is -0.496 e. The van der Waals surface area contributed by atoms with Gasteiger partial charge in [0.1, 0.15) is 11.3 Å². The Bertz CT molecular complexity index is 715. The van der Waals surface area contributed by atoms with Crippen LogP contribution >= 0.6 is 0 Å². The number of benzene rings is 1. The van der Waals surface area contributed by atoms with E-state index in [4.69, 9.17) is 9.47 Å². The first kappa shape index (κ1) is 19.5. The summed E-state index contributed by atoms with van der Waals surface area (Å²) in [4.78, 5) is 24.3. The molecule has 0 heterocycles. The monoisotopic (exact) mass is 356 g/mol. The molecule has 1 fully saturated rings. The first-order valence-corrected chi connectivity index (χ1v) is 8.75. The first-order chi connectivity index (χ1) is 12.5. The van der Waals surface area contributed by atoms with E-state index in [0.29, 0.717) is 18.6 Å². The fraction of sp³-hybridized carbons (Fsp3) is 0.450. The topological polar surface area (TPSA) is 88.4 Å². The van der Waals surface area contributed by atoms with Gasteiger partial charge < -0.3 is 14.8 Å². The van der Waals surface area contributed by atoms with Crippen LogP contribution in [0.5, 0.6) is 5.75 Å². The van der Waals surface area contributed by atoms with Crippen molar-refractivity contribution >= 4 is 18.0 Å². The van der Waals surface area contributed by atoms with Crippen LogP contribution in [0.3, 0.4) is 0 Å². The molecule has 1 N–H and O–H groups in total. The van der Waals surface area contributed by atoms with Crippen LogP contribution in [0.1, 0.15) is 44.6 Å². The smallest absolute Gasteiger partial charge is 0.331 e. The summed E-state index contributed by atoms with van der Waals surface area (Å²) in [5.74, 6) is -0.448. The Balaban J connectivity index is 1.92. The predicted molar refractivity (Wildman–Crippen MR) is 97.2 cm³/mol. The summed E-state index contributed by atoms with van der Waals surface area (Å²) < 4.78 is 10.4. The Morgan fingerprint density at radius 2 is 1.96 bits per heavy atom. The number of carbonyl (C=O) groups excluding carboxylic acids is 2. The van der Waals surface area contributed by atoms with Crippen molar-refractivity contribution in [1.82, 2.24) is 5.32 Å². The summed E-state index contributed by atoms with van der Waals surface area (Å²) in [7, 11) is 1.55. The second-order valence-corrected chi connectivity index (χ2v) is 6.40. The minimum atomic E-state index is -0.975. The summed E-state index contributed by atoms with van der Waals surface area (Å²) in [6.07, 6.45) is 5.99. The van der Waals surface area contributed by atoms with Gasteiger partial charge in [0.25, 0.3) is 5.91 Å². The van der Waals surface area contributed by atoms with Crippen LogP contribution in [0.15, 0.2) is 30.3 Å². The molecule has 1 saturated carbocycles. The molecule has 6 heteroatoms. The molecular formula is C20H24N2O4. The van der Waals surface area contributed by atoms with Crippen molar-refractivity contribution in [2.45, 2.75) is 50.7 Å². The normalized spacial score (nSPS) is 17.1. The summed E-state index contributed by atoms with van der Waals surface area (Å²) in [6, 6.07) is 9.46. The third-order valence-corrected chi connectivity index (χ3v) is 4.48. The standard InChI is InChI=1S/C20H24N2O4/c1-15(19(24)22-20(14-21)12-6-3-7-13-20)26-18(23)11-10-16-8-4-5-9-17(16)25-2/h4-5,8-11,15H,3,6-7,12-13H2,1-2H3,(H,22,24)/b11-10+/t15-/m1/s1. The van der Waals surface area contributed by atoms with Crippen molar-refractivity contribution in [2.24, 2.45) is 0 Å². The molecule has 138 valence electrons. The summed E-state index contributed by atoms with van der Waals surface area (Å²) in [5.41, 5.74) is -0.113. The number of hydrogen-bond donors (Lipinski definition) is 1. The van der Waals surface area contributed by atoms with Gasteiger partial charge >= 0.3 is 5.97 Å². The zero-order chi connectivity index (χ0) is 19.0. The molecule has 1 aliphatic rings. The molecule has 0 aliphatic heterocycles. The van der Waals surface area contributed by atoms with Crippen molar-refractivity contribution in [3.8, 4) is 11.8 Å². The molecule has 1 aromatic carbocycles. The number of esters is 1. The predicted octanol–water partition coefficient (Wildman–Crippen LogP) is 2.98. The van der Waals surface area contributed by atoms with Gasteiger partial charge in [-0.25, -0.2) is 4.79 Å². The van der Waals surface area contributed by atoms with Crippen molar-refractivity contribution < 1.29 is 19.1 Å². The van der Waals surface area contributed by atoms with Crippen molar-refractivity contribution in [1.29, 1.82) is 5.26 Å². The van der Waals surface area contributed by atoms with E-state index in [1.807, 2.05) is 12.1 Å². The molecule has 0 saturated heterocycles. The third-order valence-electron chi connectivity index (χ3n) is 4.48. The van der Waals surface area contributed by atoms with Gasteiger partial charge in [-0.15, -0.1) is 0 Å². The average molecular weight is 356 g/mol. The maximum atomic E-state index is 12.3. The van der Waals surface area contributed by atoms with Gasteiger partial charge in [-0.05, 0) is 31.9 Å². The lowest BCUT2D eigenvalue weighted by atomic mass is 9.83. The number of carbonyl (C=O) groups is 2. The van der Waals surface area contributed by atoms with Crippen molar-refractivity contribution in [3.63, 3.8) is 0 Å². The van der Waals surface area contributed by atoms with E-state index in [1.165, 1.54) is 13.0 Å². The minimum absolute atomic E-state index is 0.451. The van der Waals surface area contributed by atoms with Crippen LogP contribution in [-0.4, -0.2) is 30.6 Å². The molecule has 1 aliphatic carbocycles. The molecule has 0 radical (unpaired) electrons. The number of methoxy groups -OCH3 is 1. The molecule has 0 bridgehead atoms. The molecule has 1 atom stereocenters. The van der Waals surface area contributed by atoms with Gasteiger partial charge in [-0.1, -0.05) is 37.5 Å². The van der Waals surface area contributed by atoms with Crippen molar-refractivity contribution in [2.75, 3.05) is 7.11 Å². The largest absolute Gasteiger partial charge is 0.496 e. The molecule has 1 amide bonds. The first-order valence-electron chi connectivity index (χ1n) is 8.75. The van der Waals surface area contributed by atoms with Crippen LogP contribution in [0, 0.1) is 11.3 Å². The summed E-state index contributed by atoms with van der Waals surface area (Å²) in [6.45, 7) is 1.50. The average Bonchev–Trinajstić information content (AvgIpc) is 2.67. The summed E-state index contributed by atoms with van der Waals surface area (Å²) >= 11 is 0. The van der Waals surface area contributed by atoms with E-state index in [9.17, 15) is 14.9 Å². The van der Waals surface area contributed by atoms with E-state index in [2.05, 4.69) is 11.4 Å². The maximum Gasteiger partial charge on any atom is 0.331 e. The number of amides is 1. The number of ether oxygens (including phenoxy) is 2. The highest BCUT2D eigenvalue weighted by Gasteiger charge is 2.35. The molecule has 2 rings (SSSR count). The number of para-hydroxylation sites is 1. The highest BCUT2D eigenvalue weighted by molar-refractivity contribution is 5.91. The van der Waals surface area contributed by atoms with Gasteiger partial charge in [0.2, 0.25) is 0 Å². The van der Waals surface area contributed by atoms with Crippen LogP contribution in [0.25, 0.3) is 6.08 Å². The van der Waals surface area contributed by atoms with Crippen LogP contribution in [0.2, 0.25) is 0 Å². The molecule has 1 aromatic rings. The fourth-order valence-corrected chi connectivity index (χ4v) is 2.99. The quantitative estimate of drug-likeness (QED) is 0.625. The zero-order valence-corrected chi connectivity index (χ0v) is 15.2. The third kappa shape index (κ3) is 5.09. The Morgan fingerprint density at radius 1 is 1.27 bits per heavy atom. The SMILES string of the molecule is COc1ccccc1/C=C/C(=O)O[C@H](C)C(=O)NC1(C#N)CCCCC1. The van der Waals surface area contributed by atoms with Crippen LogP contribution < -0.4 is 10.1 Å². The Hall–Kier alpha value is -2.81. The molecule has 26 heavy (non-hydrogen) atoms. The highest BCUT2D eigenvalue weighted by Crippen LogP contribution is 2.27. The van der Waals surface area contributed by atoms with Gasteiger partial charge in [0, 0.05) is 11.6 Å². The number of rotatable bonds is 6. The molecule has 0 unspecified atom stereocenters. The van der Waals surface area contributed by atoms with Crippen LogP contribution in [0.4, 0.5) is 0 Å². The molecule has 0 aromatic heterocycles. The Morgan fingerprint density at radius 3 is 2.62 bits per heavy atom.